The lowest BCUT2D eigenvalue weighted by atomic mass is 10.2. The van der Waals surface area contributed by atoms with Gasteiger partial charge in [0.1, 0.15) is 0 Å². The molecule has 0 rings (SSSR count). The lowest BCUT2D eigenvalue weighted by molar-refractivity contribution is -0.125. The van der Waals surface area contributed by atoms with Crippen molar-refractivity contribution in [2.45, 2.75) is 25.9 Å². The maximum atomic E-state index is 11.3. The number of carbonyl (C=O) groups is 2. The van der Waals surface area contributed by atoms with Crippen LogP contribution in [0.5, 0.6) is 0 Å². The molecule has 4 N–H and O–H groups in total. The van der Waals surface area contributed by atoms with Gasteiger partial charge in [-0.15, -0.1) is 0 Å². The minimum atomic E-state index is -0.869. The fourth-order valence-corrected chi connectivity index (χ4v) is 0.921. The van der Waals surface area contributed by atoms with Gasteiger partial charge in [0.15, 0.2) is 0 Å². The van der Waals surface area contributed by atoms with Crippen molar-refractivity contribution >= 4 is 11.9 Å². The SMILES string of the molecule is CC(CO)N(C)C(C)C(=O)NC(N)=O. The molecule has 3 amide bonds. The first-order valence-electron chi connectivity index (χ1n) is 4.33. The Morgan fingerprint density at radius 1 is 1.50 bits per heavy atom. The van der Waals surface area contributed by atoms with Crippen LogP contribution in [0.3, 0.4) is 0 Å². The van der Waals surface area contributed by atoms with Crippen molar-refractivity contribution in [2.24, 2.45) is 5.73 Å². The first kappa shape index (κ1) is 12.9. The van der Waals surface area contributed by atoms with Gasteiger partial charge in [-0.25, -0.2) is 4.79 Å². The minimum Gasteiger partial charge on any atom is -0.395 e. The number of rotatable bonds is 4. The smallest absolute Gasteiger partial charge is 0.318 e. The predicted octanol–water partition coefficient (Wildman–Crippen LogP) is -1.12. The Balaban J connectivity index is 4.23. The number of amides is 3. The summed E-state index contributed by atoms with van der Waals surface area (Å²) in [7, 11) is 1.69. The molecular formula is C8H17N3O3. The Labute approximate surface area is 83.1 Å². The highest BCUT2D eigenvalue weighted by Gasteiger charge is 2.22. The van der Waals surface area contributed by atoms with Gasteiger partial charge >= 0.3 is 6.03 Å². The molecular weight excluding hydrogens is 186 g/mol. The normalized spacial score (nSPS) is 14.9. The molecule has 0 spiro atoms. The highest BCUT2D eigenvalue weighted by Crippen LogP contribution is 2.01. The van der Waals surface area contributed by atoms with Crippen LogP contribution in [-0.2, 0) is 4.79 Å². The molecule has 82 valence electrons. The van der Waals surface area contributed by atoms with Crippen LogP contribution >= 0.6 is 0 Å². The van der Waals surface area contributed by atoms with Crippen LogP contribution < -0.4 is 11.1 Å². The Morgan fingerprint density at radius 3 is 2.36 bits per heavy atom. The molecule has 0 bridgehead atoms. The van der Waals surface area contributed by atoms with E-state index in [1.54, 1.807) is 25.8 Å². The fraction of sp³-hybridized carbons (Fsp3) is 0.750. The van der Waals surface area contributed by atoms with Crippen LogP contribution in [0.4, 0.5) is 4.79 Å². The second kappa shape index (κ2) is 5.56. The van der Waals surface area contributed by atoms with Crippen LogP contribution in [0.2, 0.25) is 0 Å². The van der Waals surface area contributed by atoms with E-state index in [2.05, 4.69) is 0 Å². The van der Waals surface area contributed by atoms with Crippen molar-refractivity contribution < 1.29 is 14.7 Å². The second-order valence-electron chi connectivity index (χ2n) is 3.23. The van der Waals surface area contributed by atoms with Gasteiger partial charge in [-0.05, 0) is 20.9 Å². The average molecular weight is 203 g/mol. The quantitative estimate of drug-likeness (QED) is 0.539. The van der Waals surface area contributed by atoms with Crippen LogP contribution in [-0.4, -0.2) is 47.7 Å². The summed E-state index contributed by atoms with van der Waals surface area (Å²) >= 11 is 0. The molecule has 2 atom stereocenters. The van der Waals surface area contributed by atoms with Gasteiger partial charge in [0.05, 0.1) is 12.6 Å². The molecule has 0 fully saturated rings. The number of urea groups is 1. The fourth-order valence-electron chi connectivity index (χ4n) is 0.921. The molecule has 6 nitrogen and oxygen atoms in total. The number of primary amides is 1. The highest BCUT2D eigenvalue weighted by atomic mass is 16.3. The number of hydrogen-bond donors (Lipinski definition) is 3. The summed E-state index contributed by atoms with van der Waals surface area (Å²) in [5, 5.41) is 10.8. The van der Waals surface area contributed by atoms with E-state index < -0.39 is 18.0 Å². The van der Waals surface area contributed by atoms with E-state index in [1.165, 1.54) is 0 Å². The van der Waals surface area contributed by atoms with Crippen molar-refractivity contribution in [3.8, 4) is 0 Å². The molecule has 0 heterocycles. The van der Waals surface area contributed by atoms with Gasteiger partial charge in [0, 0.05) is 6.04 Å². The van der Waals surface area contributed by atoms with E-state index in [0.29, 0.717) is 0 Å². The summed E-state index contributed by atoms with van der Waals surface area (Å²) in [6, 6.07) is -1.53. The average Bonchev–Trinajstić information content (AvgIpc) is 2.13. The van der Waals surface area contributed by atoms with Crippen LogP contribution in [0.1, 0.15) is 13.8 Å². The number of aliphatic hydroxyl groups is 1. The third-order valence-corrected chi connectivity index (χ3v) is 2.20. The van der Waals surface area contributed by atoms with Crippen molar-refractivity contribution in [3.05, 3.63) is 0 Å². The van der Waals surface area contributed by atoms with E-state index in [0.717, 1.165) is 0 Å². The molecule has 0 aliphatic heterocycles. The number of nitrogens with zero attached hydrogens (tertiary/aromatic N) is 1. The molecule has 0 saturated heterocycles. The van der Waals surface area contributed by atoms with Gasteiger partial charge in [-0.3, -0.25) is 15.0 Å². The van der Waals surface area contributed by atoms with Gasteiger partial charge in [0.2, 0.25) is 5.91 Å². The zero-order chi connectivity index (χ0) is 11.3. The van der Waals surface area contributed by atoms with Crippen LogP contribution in [0.25, 0.3) is 0 Å². The lowest BCUT2D eigenvalue weighted by Gasteiger charge is -2.28. The first-order valence-corrected chi connectivity index (χ1v) is 4.33. The maximum absolute atomic E-state index is 11.3. The maximum Gasteiger partial charge on any atom is 0.318 e. The van der Waals surface area contributed by atoms with Crippen LogP contribution in [0, 0.1) is 0 Å². The Bertz CT molecular complexity index is 220. The van der Waals surface area contributed by atoms with Gasteiger partial charge < -0.3 is 10.8 Å². The zero-order valence-electron chi connectivity index (χ0n) is 8.65. The Hall–Kier alpha value is -1.14. The highest BCUT2D eigenvalue weighted by molar-refractivity contribution is 5.96. The number of hydrogen-bond acceptors (Lipinski definition) is 4. The molecule has 0 aromatic rings. The molecule has 0 saturated carbocycles. The van der Waals surface area contributed by atoms with Crippen molar-refractivity contribution in [1.29, 1.82) is 0 Å². The Kier molecular flexibility index (Phi) is 5.11. The van der Waals surface area contributed by atoms with E-state index in [-0.39, 0.29) is 12.6 Å². The van der Waals surface area contributed by atoms with Crippen molar-refractivity contribution in [2.75, 3.05) is 13.7 Å². The molecule has 0 aromatic carbocycles. The summed E-state index contributed by atoms with van der Waals surface area (Å²) in [5.74, 6) is -0.472. The standard InChI is InChI=1S/C8H17N3O3/c1-5(4-12)11(3)6(2)7(13)10-8(9)14/h5-6,12H,4H2,1-3H3,(H3,9,10,13,14). The number of imide groups is 1. The third kappa shape index (κ3) is 3.71. The predicted molar refractivity (Wildman–Crippen MR) is 51.5 cm³/mol. The molecule has 0 aromatic heterocycles. The summed E-state index contributed by atoms with van der Waals surface area (Å²) < 4.78 is 0. The lowest BCUT2D eigenvalue weighted by Crippen LogP contribution is -2.50. The molecule has 2 unspecified atom stereocenters. The van der Waals surface area contributed by atoms with E-state index >= 15 is 0 Å². The largest absolute Gasteiger partial charge is 0.395 e. The number of likely N-dealkylation sites (N-methyl/N-ethyl adjacent to an activating group) is 1. The summed E-state index contributed by atoms with van der Waals surface area (Å²) in [4.78, 5) is 23.3. The summed E-state index contributed by atoms with van der Waals surface area (Å²) in [6.45, 7) is 3.35. The minimum absolute atomic E-state index is 0.0509. The van der Waals surface area contributed by atoms with E-state index in [9.17, 15) is 9.59 Å². The van der Waals surface area contributed by atoms with Gasteiger partial charge in [-0.2, -0.15) is 0 Å². The molecule has 0 aliphatic rings. The number of carbonyl (C=O) groups excluding carboxylic acids is 2. The molecule has 0 radical (unpaired) electrons. The number of nitrogens with two attached hydrogens (primary N) is 1. The third-order valence-electron chi connectivity index (χ3n) is 2.20. The van der Waals surface area contributed by atoms with Crippen molar-refractivity contribution in [3.63, 3.8) is 0 Å². The van der Waals surface area contributed by atoms with E-state index in [4.69, 9.17) is 10.8 Å². The summed E-state index contributed by atoms with van der Waals surface area (Å²) in [6.07, 6.45) is 0. The zero-order valence-corrected chi connectivity index (χ0v) is 8.65. The molecule has 6 heteroatoms. The topological polar surface area (TPSA) is 95.7 Å². The second-order valence-corrected chi connectivity index (χ2v) is 3.23. The molecule has 0 aliphatic carbocycles. The van der Waals surface area contributed by atoms with Crippen LogP contribution in [0.15, 0.2) is 0 Å². The monoisotopic (exact) mass is 203 g/mol. The molecule has 14 heavy (non-hydrogen) atoms. The van der Waals surface area contributed by atoms with E-state index in [1.807, 2.05) is 5.32 Å². The Morgan fingerprint density at radius 2 is 2.00 bits per heavy atom. The van der Waals surface area contributed by atoms with Crippen molar-refractivity contribution in [1.82, 2.24) is 10.2 Å². The first-order chi connectivity index (χ1) is 6.40. The number of nitrogens with one attached hydrogen (secondary N) is 1. The van der Waals surface area contributed by atoms with Gasteiger partial charge in [-0.1, -0.05) is 0 Å². The summed E-state index contributed by atoms with van der Waals surface area (Å²) in [5.41, 5.74) is 4.80. The number of aliphatic hydroxyl groups excluding tert-OH is 1. The van der Waals surface area contributed by atoms with Gasteiger partial charge in [0.25, 0.3) is 0 Å².